The summed E-state index contributed by atoms with van der Waals surface area (Å²) in [4.78, 5) is 28.5. The van der Waals surface area contributed by atoms with Gasteiger partial charge >= 0.3 is 0 Å². The Morgan fingerprint density at radius 3 is 2.60 bits per heavy atom. The van der Waals surface area contributed by atoms with E-state index in [1.807, 2.05) is 29.2 Å². The van der Waals surface area contributed by atoms with Crippen LogP contribution in [0.1, 0.15) is 48.9 Å². The van der Waals surface area contributed by atoms with Gasteiger partial charge in [0.15, 0.2) is 0 Å². The maximum absolute atomic E-state index is 12.8. The van der Waals surface area contributed by atoms with Crippen molar-refractivity contribution in [3.05, 3.63) is 29.8 Å². The Balaban J connectivity index is 1.35. The van der Waals surface area contributed by atoms with E-state index in [1.54, 1.807) is 4.90 Å². The second kappa shape index (κ2) is 7.16. The van der Waals surface area contributed by atoms with Gasteiger partial charge in [-0.3, -0.25) is 9.59 Å². The normalized spacial score (nSPS) is 21.8. The molecular weight excluding hydrogens is 314 g/mol. The van der Waals surface area contributed by atoms with E-state index < -0.39 is 0 Å². The molecule has 0 aromatic heterocycles. The molecule has 5 nitrogen and oxygen atoms in total. The molecule has 134 valence electrons. The van der Waals surface area contributed by atoms with Gasteiger partial charge in [-0.15, -0.1) is 0 Å². The maximum Gasteiger partial charge on any atom is 0.253 e. The van der Waals surface area contributed by atoms with Gasteiger partial charge in [-0.2, -0.15) is 0 Å². The molecule has 5 heteroatoms. The molecular formula is C20H27N3O2. The summed E-state index contributed by atoms with van der Waals surface area (Å²) >= 11 is 0. The lowest BCUT2D eigenvalue weighted by Crippen LogP contribution is -2.45. The van der Waals surface area contributed by atoms with Crippen LogP contribution in [0.2, 0.25) is 0 Å². The quantitative estimate of drug-likeness (QED) is 0.895. The third kappa shape index (κ3) is 3.87. The molecule has 4 rings (SSSR count). The Labute approximate surface area is 149 Å². The molecule has 2 amide bonds. The van der Waals surface area contributed by atoms with Gasteiger partial charge in [0.25, 0.3) is 5.91 Å². The van der Waals surface area contributed by atoms with Crippen LogP contribution in [0.15, 0.2) is 24.3 Å². The molecule has 1 aromatic carbocycles. The van der Waals surface area contributed by atoms with E-state index in [4.69, 9.17) is 0 Å². The third-order valence-electron chi connectivity index (χ3n) is 5.65. The van der Waals surface area contributed by atoms with Crippen molar-refractivity contribution in [3.8, 4) is 0 Å². The van der Waals surface area contributed by atoms with Gasteiger partial charge in [0, 0.05) is 43.3 Å². The van der Waals surface area contributed by atoms with Crippen LogP contribution in [0.3, 0.4) is 0 Å². The summed E-state index contributed by atoms with van der Waals surface area (Å²) in [5.41, 5.74) is 1.55. The van der Waals surface area contributed by atoms with E-state index in [2.05, 4.69) is 5.32 Å². The summed E-state index contributed by atoms with van der Waals surface area (Å²) in [5.74, 6) is 1.15. The SMILES string of the molecule is O=C(c1cccc(N2CCCC2=O)c1)N1CCC(NCC2CC2)CC1. The zero-order valence-corrected chi connectivity index (χ0v) is 14.7. The van der Waals surface area contributed by atoms with Crippen molar-refractivity contribution >= 4 is 17.5 Å². The fourth-order valence-corrected chi connectivity index (χ4v) is 3.85. The van der Waals surface area contributed by atoms with Crippen molar-refractivity contribution in [2.75, 3.05) is 31.1 Å². The number of rotatable bonds is 5. The molecule has 2 aliphatic heterocycles. The molecule has 2 heterocycles. The molecule has 1 N–H and O–H groups in total. The Kier molecular flexibility index (Phi) is 4.75. The maximum atomic E-state index is 12.8. The van der Waals surface area contributed by atoms with Crippen molar-refractivity contribution in [1.29, 1.82) is 0 Å². The Hall–Kier alpha value is -1.88. The molecule has 0 bridgehead atoms. The van der Waals surface area contributed by atoms with Gasteiger partial charge in [-0.05, 0) is 62.8 Å². The van der Waals surface area contributed by atoms with Crippen LogP contribution in [-0.2, 0) is 4.79 Å². The first-order valence-corrected chi connectivity index (χ1v) is 9.64. The van der Waals surface area contributed by atoms with Crippen LogP contribution >= 0.6 is 0 Å². The van der Waals surface area contributed by atoms with Gasteiger partial charge in [-0.1, -0.05) is 6.07 Å². The second-order valence-corrected chi connectivity index (χ2v) is 7.62. The molecule has 1 saturated carbocycles. The zero-order valence-electron chi connectivity index (χ0n) is 14.7. The number of piperidine rings is 1. The number of carbonyl (C=O) groups is 2. The predicted octanol–water partition coefficient (Wildman–Crippen LogP) is 2.42. The Morgan fingerprint density at radius 1 is 1.12 bits per heavy atom. The highest BCUT2D eigenvalue weighted by Crippen LogP contribution is 2.28. The third-order valence-corrected chi connectivity index (χ3v) is 5.65. The van der Waals surface area contributed by atoms with Crippen LogP contribution in [0.25, 0.3) is 0 Å². The van der Waals surface area contributed by atoms with E-state index in [1.165, 1.54) is 12.8 Å². The van der Waals surface area contributed by atoms with E-state index in [9.17, 15) is 9.59 Å². The summed E-state index contributed by atoms with van der Waals surface area (Å²) in [6.45, 7) is 3.53. The number of nitrogens with one attached hydrogen (secondary N) is 1. The van der Waals surface area contributed by atoms with Gasteiger partial charge in [0.1, 0.15) is 0 Å². The molecule has 25 heavy (non-hydrogen) atoms. The van der Waals surface area contributed by atoms with Crippen molar-refractivity contribution in [2.45, 2.75) is 44.6 Å². The van der Waals surface area contributed by atoms with Crippen molar-refractivity contribution < 1.29 is 9.59 Å². The minimum absolute atomic E-state index is 0.0918. The summed E-state index contributed by atoms with van der Waals surface area (Å²) < 4.78 is 0. The van der Waals surface area contributed by atoms with Crippen molar-refractivity contribution in [1.82, 2.24) is 10.2 Å². The first-order valence-electron chi connectivity index (χ1n) is 9.64. The van der Waals surface area contributed by atoms with Gasteiger partial charge in [0.2, 0.25) is 5.91 Å². The lowest BCUT2D eigenvalue weighted by atomic mass is 10.0. The van der Waals surface area contributed by atoms with Gasteiger partial charge in [0.05, 0.1) is 0 Å². The van der Waals surface area contributed by atoms with E-state index >= 15 is 0 Å². The summed E-state index contributed by atoms with van der Waals surface area (Å²) in [7, 11) is 0. The van der Waals surface area contributed by atoms with Crippen LogP contribution < -0.4 is 10.2 Å². The standard InChI is InChI=1S/C20H27N3O2/c24-19-5-2-10-23(19)18-4-1-3-16(13-18)20(25)22-11-8-17(9-12-22)21-14-15-6-7-15/h1,3-4,13,15,17,21H,2,5-12,14H2. The monoisotopic (exact) mass is 341 g/mol. The summed E-state index contributed by atoms with van der Waals surface area (Å²) in [6.07, 6.45) is 6.32. The van der Waals surface area contributed by atoms with Crippen LogP contribution in [-0.4, -0.2) is 48.9 Å². The number of hydrogen-bond acceptors (Lipinski definition) is 3. The molecule has 0 unspecified atom stereocenters. The fraction of sp³-hybridized carbons (Fsp3) is 0.600. The molecule has 3 aliphatic rings. The average Bonchev–Trinajstić information content (AvgIpc) is 3.39. The lowest BCUT2D eigenvalue weighted by Gasteiger charge is -2.32. The minimum atomic E-state index is 0.0918. The smallest absolute Gasteiger partial charge is 0.253 e. The number of carbonyl (C=O) groups excluding carboxylic acids is 2. The topological polar surface area (TPSA) is 52.7 Å². The average molecular weight is 341 g/mol. The number of benzene rings is 1. The fourth-order valence-electron chi connectivity index (χ4n) is 3.85. The highest BCUT2D eigenvalue weighted by atomic mass is 16.2. The molecule has 1 aliphatic carbocycles. The summed E-state index contributed by atoms with van der Waals surface area (Å²) in [5, 5.41) is 3.65. The predicted molar refractivity (Wildman–Crippen MR) is 97.7 cm³/mol. The first-order chi connectivity index (χ1) is 12.2. The van der Waals surface area contributed by atoms with E-state index in [-0.39, 0.29) is 11.8 Å². The molecule has 3 fully saturated rings. The first kappa shape index (κ1) is 16.6. The highest BCUT2D eigenvalue weighted by molar-refractivity contribution is 5.99. The lowest BCUT2D eigenvalue weighted by molar-refractivity contribution is -0.117. The molecule has 2 saturated heterocycles. The number of anilines is 1. The van der Waals surface area contributed by atoms with Crippen molar-refractivity contribution in [3.63, 3.8) is 0 Å². The van der Waals surface area contributed by atoms with Crippen LogP contribution in [0.4, 0.5) is 5.69 Å². The number of likely N-dealkylation sites (tertiary alicyclic amines) is 1. The zero-order chi connectivity index (χ0) is 17.2. The molecule has 0 spiro atoms. The second-order valence-electron chi connectivity index (χ2n) is 7.62. The van der Waals surface area contributed by atoms with Crippen LogP contribution in [0, 0.1) is 5.92 Å². The Bertz CT molecular complexity index is 648. The van der Waals surface area contributed by atoms with Crippen molar-refractivity contribution in [2.24, 2.45) is 5.92 Å². The number of hydrogen-bond donors (Lipinski definition) is 1. The summed E-state index contributed by atoms with van der Waals surface area (Å²) in [6, 6.07) is 8.11. The molecule has 1 aromatic rings. The highest BCUT2D eigenvalue weighted by Gasteiger charge is 2.27. The van der Waals surface area contributed by atoms with E-state index in [0.29, 0.717) is 18.0 Å². The molecule has 0 atom stereocenters. The number of nitrogens with zero attached hydrogens (tertiary/aromatic N) is 2. The molecule has 0 radical (unpaired) electrons. The van der Waals surface area contributed by atoms with Gasteiger partial charge < -0.3 is 15.1 Å². The van der Waals surface area contributed by atoms with E-state index in [0.717, 1.165) is 57.0 Å². The van der Waals surface area contributed by atoms with Gasteiger partial charge in [-0.25, -0.2) is 0 Å². The largest absolute Gasteiger partial charge is 0.339 e. The number of amides is 2. The Morgan fingerprint density at radius 2 is 1.92 bits per heavy atom. The minimum Gasteiger partial charge on any atom is -0.339 e. The van der Waals surface area contributed by atoms with Crippen LogP contribution in [0.5, 0.6) is 0 Å².